The molecule has 0 bridgehead atoms. The molecule has 0 saturated carbocycles. The van der Waals surface area contributed by atoms with Crippen LogP contribution in [0.4, 0.5) is 17.3 Å². The molecule has 5 aromatic rings. The van der Waals surface area contributed by atoms with Crippen molar-refractivity contribution in [2.24, 2.45) is 0 Å². The third kappa shape index (κ3) is 2.53. The molecule has 0 radical (unpaired) electrons. The summed E-state index contributed by atoms with van der Waals surface area (Å²) in [7, 11) is 0. The van der Waals surface area contributed by atoms with Gasteiger partial charge in [0.05, 0.1) is 17.6 Å². The van der Waals surface area contributed by atoms with Gasteiger partial charge in [-0.05, 0) is 52.6 Å². The lowest BCUT2D eigenvalue weighted by Gasteiger charge is -2.14. The van der Waals surface area contributed by atoms with E-state index < -0.39 is 0 Å². The maximum atomic E-state index is 5.77. The van der Waals surface area contributed by atoms with Crippen molar-refractivity contribution >= 4 is 39.1 Å². The predicted molar refractivity (Wildman–Crippen MR) is 115 cm³/mol. The summed E-state index contributed by atoms with van der Waals surface area (Å²) in [4.78, 5) is 9.21. The van der Waals surface area contributed by atoms with Gasteiger partial charge < -0.3 is 11.1 Å². The molecule has 0 unspecified atom stereocenters. The molecular formula is C23H18N6. The Kier molecular flexibility index (Phi) is 3.34. The molecule has 6 rings (SSSR count). The fraction of sp³-hybridized carbons (Fsp3) is 0.0870. The molecule has 0 aliphatic heterocycles. The Hall–Kier alpha value is -3.93. The maximum absolute atomic E-state index is 5.77. The van der Waals surface area contributed by atoms with E-state index in [1.165, 1.54) is 21.9 Å². The van der Waals surface area contributed by atoms with E-state index in [1.807, 2.05) is 41.3 Å². The van der Waals surface area contributed by atoms with Gasteiger partial charge in [0.25, 0.3) is 0 Å². The van der Waals surface area contributed by atoms with Crippen LogP contribution in [0.15, 0.2) is 73.1 Å². The van der Waals surface area contributed by atoms with Crippen LogP contribution in [0.1, 0.15) is 17.2 Å². The number of nitrogens with zero attached hydrogens (tertiary/aromatic N) is 4. The number of rotatable bonds is 3. The second kappa shape index (κ2) is 6.04. The molecule has 0 fully saturated rings. The van der Waals surface area contributed by atoms with Crippen molar-refractivity contribution in [3.05, 3.63) is 84.2 Å². The first-order valence-electron chi connectivity index (χ1n) is 9.59. The fourth-order valence-corrected chi connectivity index (χ4v) is 4.25. The molecule has 0 amide bonds. The predicted octanol–water partition coefficient (Wildman–Crippen LogP) is 4.45. The van der Waals surface area contributed by atoms with E-state index in [-0.39, 0.29) is 6.04 Å². The Morgan fingerprint density at radius 1 is 0.931 bits per heavy atom. The molecule has 29 heavy (non-hydrogen) atoms. The van der Waals surface area contributed by atoms with Crippen molar-refractivity contribution in [3.63, 3.8) is 0 Å². The third-order valence-electron chi connectivity index (χ3n) is 5.59. The molecule has 2 heterocycles. The summed E-state index contributed by atoms with van der Waals surface area (Å²) in [5, 5.41) is 11.5. The topological polar surface area (TPSA) is 81.6 Å². The second-order valence-corrected chi connectivity index (χ2v) is 7.39. The van der Waals surface area contributed by atoms with E-state index in [1.54, 1.807) is 0 Å². The van der Waals surface area contributed by atoms with Crippen LogP contribution >= 0.6 is 0 Å². The van der Waals surface area contributed by atoms with Crippen molar-refractivity contribution in [2.45, 2.75) is 12.5 Å². The summed E-state index contributed by atoms with van der Waals surface area (Å²) in [5.41, 5.74) is 10.9. The zero-order valence-electron chi connectivity index (χ0n) is 15.6. The van der Waals surface area contributed by atoms with Gasteiger partial charge in [-0.25, -0.2) is 9.67 Å². The number of nitrogens with one attached hydrogen (secondary N) is 1. The molecule has 1 aliphatic carbocycles. The quantitative estimate of drug-likeness (QED) is 0.453. The van der Waals surface area contributed by atoms with Crippen molar-refractivity contribution in [1.29, 1.82) is 0 Å². The largest absolute Gasteiger partial charge is 0.399 e. The van der Waals surface area contributed by atoms with Gasteiger partial charge in [0, 0.05) is 17.6 Å². The average molecular weight is 378 g/mol. The van der Waals surface area contributed by atoms with E-state index in [0.29, 0.717) is 5.95 Å². The number of fused-ring (bicyclic) bond motifs is 1. The smallest absolute Gasteiger partial charge is 0.229 e. The standard InChI is InChI=1S/C23H18N6/c24-17-7-9-18(10-8-17)27-23-25-12-16-13-26-29(22(16)28-23)20-11-15-5-1-3-14-4-2-6-19(20)21(14)15/h1-10,12-13,20H,11,24H2,(H,25,27,28)/t20-/m1/s1. The molecule has 140 valence electrons. The SMILES string of the molecule is Nc1ccc(Nc2ncc3cnn([C@@H]4Cc5cccc6cccc4c56)c3n2)cc1. The van der Waals surface area contributed by atoms with E-state index in [0.717, 1.165) is 28.8 Å². The minimum atomic E-state index is 0.132. The lowest BCUT2D eigenvalue weighted by Crippen LogP contribution is -2.12. The zero-order chi connectivity index (χ0) is 19.4. The number of nitrogen functional groups attached to an aromatic ring is 1. The summed E-state index contributed by atoms with van der Waals surface area (Å²) in [6.07, 6.45) is 4.57. The number of nitrogens with two attached hydrogens (primary N) is 1. The Bertz CT molecular complexity index is 1360. The first kappa shape index (κ1) is 16.1. The third-order valence-corrected chi connectivity index (χ3v) is 5.59. The maximum Gasteiger partial charge on any atom is 0.229 e. The normalized spacial score (nSPS) is 15.2. The zero-order valence-corrected chi connectivity index (χ0v) is 15.6. The first-order valence-corrected chi connectivity index (χ1v) is 9.59. The molecule has 0 saturated heterocycles. The Labute approximate surface area is 167 Å². The molecule has 2 aromatic heterocycles. The Morgan fingerprint density at radius 3 is 2.62 bits per heavy atom. The van der Waals surface area contributed by atoms with E-state index in [9.17, 15) is 0 Å². The highest BCUT2D eigenvalue weighted by Gasteiger charge is 2.27. The van der Waals surface area contributed by atoms with Crippen LogP contribution < -0.4 is 11.1 Å². The van der Waals surface area contributed by atoms with Crippen molar-refractivity contribution in [1.82, 2.24) is 19.7 Å². The van der Waals surface area contributed by atoms with E-state index in [2.05, 4.69) is 51.8 Å². The van der Waals surface area contributed by atoms with Gasteiger partial charge in [0.1, 0.15) is 0 Å². The van der Waals surface area contributed by atoms with E-state index >= 15 is 0 Å². The summed E-state index contributed by atoms with van der Waals surface area (Å²) < 4.78 is 2.03. The molecule has 6 heteroatoms. The highest BCUT2D eigenvalue weighted by atomic mass is 15.3. The van der Waals surface area contributed by atoms with Gasteiger partial charge >= 0.3 is 0 Å². The second-order valence-electron chi connectivity index (χ2n) is 7.39. The van der Waals surface area contributed by atoms with E-state index in [4.69, 9.17) is 10.7 Å². The highest BCUT2D eigenvalue weighted by Crippen LogP contribution is 2.39. The van der Waals surface area contributed by atoms with Crippen molar-refractivity contribution in [2.75, 3.05) is 11.1 Å². The summed E-state index contributed by atoms with van der Waals surface area (Å²) in [6.45, 7) is 0. The number of aromatic nitrogens is 4. The molecule has 0 spiro atoms. The van der Waals surface area contributed by atoms with Gasteiger partial charge in [-0.3, -0.25) is 0 Å². The summed E-state index contributed by atoms with van der Waals surface area (Å²) in [6, 6.07) is 20.6. The molecule has 3 aromatic carbocycles. The molecule has 1 aliphatic rings. The van der Waals surface area contributed by atoms with Crippen LogP contribution in [0, 0.1) is 0 Å². The number of hydrogen-bond donors (Lipinski definition) is 2. The minimum absolute atomic E-state index is 0.132. The van der Waals surface area contributed by atoms with Crippen LogP contribution in [0.3, 0.4) is 0 Å². The van der Waals surface area contributed by atoms with Crippen LogP contribution in [0.25, 0.3) is 21.8 Å². The first-order chi connectivity index (χ1) is 14.3. The number of benzene rings is 3. The molecule has 6 nitrogen and oxygen atoms in total. The van der Waals surface area contributed by atoms with Crippen molar-refractivity contribution in [3.8, 4) is 0 Å². The van der Waals surface area contributed by atoms with Gasteiger partial charge in [0.2, 0.25) is 5.95 Å². The van der Waals surface area contributed by atoms with Gasteiger partial charge in [-0.1, -0.05) is 36.4 Å². The monoisotopic (exact) mass is 378 g/mol. The lowest BCUT2D eigenvalue weighted by molar-refractivity contribution is 0.550. The van der Waals surface area contributed by atoms with Gasteiger partial charge in [-0.15, -0.1) is 0 Å². The fourth-order valence-electron chi connectivity index (χ4n) is 4.25. The minimum Gasteiger partial charge on any atom is -0.399 e. The lowest BCUT2D eigenvalue weighted by atomic mass is 10.0. The molecule has 1 atom stereocenters. The molecule has 3 N–H and O–H groups in total. The van der Waals surface area contributed by atoms with Crippen LogP contribution in [-0.4, -0.2) is 19.7 Å². The highest BCUT2D eigenvalue weighted by molar-refractivity contribution is 5.91. The van der Waals surface area contributed by atoms with Gasteiger partial charge in [-0.2, -0.15) is 10.1 Å². The Morgan fingerprint density at radius 2 is 1.76 bits per heavy atom. The molecular weight excluding hydrogens is 360 g/mol. The van der Waals surface area contributed by atoms with Crippen LogP contribution in [0.2, 0.25) is 0 Å². The Balaban J connectivity index is 1.43. The summed E-state index contributed by atoms with van der Waals surface area (Å²) >= 11 is 0. The van der Waals surface area contributed by atoms with Crippen LogP contribution in [-0.2, 0) is 6.42 Å². The average Bonchev–Trinajstić information content (AvgIpc) is 3.32. The summed E-state index contributed by atoms with van der Waals surface area (Å²) in [5.74, 6) is 0.540. The van der Waals surface area contributed by atoms with Crippen LogP contribution in [0.5, 0.6) is 0 Å². The number of hydrogen-bond acceptors (Lipinski definition) is 5. The van der Waals surface area contributed by atoms with Crippen molar-refractivity contribution < 1.29 is 0 Å². The van der Waals surface area contributed by atoms with Gasteiger partial charge in [0.15, 0.2) is 5.65 Å². The number of anilines is 3.